The first-order chi connectivity index (χ1) is 9.19. The number of benzene rings is 1. The number of likely N-dealkylation sites (N-methyl/N-ethyl adjacent to an activating group) is 1. The van der Waals surface area contributed by atoms with E-state index < -0.39 is 0 Å². The summed E-state index contributed by atoms with van der Waals surface area (Å²) in [6.45, 7) is 1.15. The average Bonchev–Trinajstić information content (AvgIpc) is 2.91. The number of Topliss-reactive ketones (excluding diaryl/α,β-unsaturated/α-hetero) is 1. The molecule has 0 atom stereocenters. The van der Waals surface area contributed by atoms with Crippen molar-refractivity contribution in [2.75, 3.05) is 13.6 Å². The van der Waals surface area contributed by atoms with Crippen LogP contribution in [0.5, 0.6) is 0 Å². The molecular formula is C15H14N2OS. The van der Waals surface area contributed by atoms with Crippen LogP contribution in [-0.4, -0.2) is 24.3 Å². The maximum Gasteiger partial charge on any atom is 0.176 e. The van der Waals surface area contributed by atoms with E-state index in [4.69, 9.17) is 5.26 Å². The van der Waals surface area contributed by atoms with Crippen molar-refractivity contribution in [3.63, 3.8) is 0 Å². The van der Waals surface area contributed by atoms with Gasteiger partial charge in [-0.3, -0.25) is 9.69 Å². The number of rotatable bonds is 5. The highest BCUT2D eigenvalue weighted by molar-refractivity contribution is 7.07. The molecule has 1 heterocycles. The van der Waals surface area contributed by atoms with Gasteiger partial charge < -0.3 is 0 Å². The molecule has 1 aromatic heterocycles. The number of ketones is 1. The fourth-order valence-electron chi connectivity index (χ4n) is 1.82. The Balaban J connectivity index is 1.94. The van der Waals surface area contributed by atoms with Crippen LogP contribution in [0.1, 0.15) is 21.5 Å². The second-order valence-electron chi connectivity index (χ2n) is 4.42. The van der Waals surface area contributed by atoms with Gasteiger partial charge in [0.25, 0.3) is 0 Å². The van der Waals surface area contributed by atoms with E-state index in [1.165, 1.54) is 5.56 Å². The molecule has 0 amide bonds. The minimum atomic E-state index is 0.0715. The Kier molecular flexibility index (Phi) is 4.45. The van der Waals surface area contributed by atoms with Crippen LogP contribution < -0.4 is 0 Å². The van der Waals surface area contributed by atoms with E-state index in [1.54, 1.807) is 35.6 Å². The molecule has 0 unspecified atom stereocenters. The van der Waals surface area contributed by atoms with Gasteiger partial charge in [-0.25, -0.2) is 0 Å². The summed E-state index contributed by atoms with van der Waals surface area (Å²) in [5.74, 6) is 0.0715. The summed E-state index contributed by atoms with van der Waals surface area (Å²) in [4.78, 5) is 14.0. The van der Waals surface area contributed by atoms with E-state index in [9.17, 15) is 4.79 Å². The standard InChI is InChI=1S/C15H14N2OS/c1-17(9-13-6-7-19-11-13)10-15(18)14-4-2-12(8-16)3-5-14/h2-7,11H,9-10H2,1H3. The summed E-state index contributed by atoms with van der Waals surface area (Å²) in [5.41, 5.74) is 2.44. The molecule has 0 aliphatic heterocycles. The van der Waals surface area contributed by atoms with Gasteiger partial charge in [0.2, 0.25) is 0 Å². The number of nitrogens with zero attached hydrogens (tertiary/aromatic N) is 2. The largest absolute Gasteiger partial charge is 0.295 e. The van der Waals surface area contributed by atoms with Crippen LogP contribution in [0.25, 0.3) is 0 Å². The summed E-state index contributed by atoms with van der Waals surface area (Å²) >= 11 is 1.66. The van der Waals surface area contributed by atoms with Crippen LogP contribution in [0, 0.1) is 11.3 Å². The first-order valence-electron chi connectivity index (χ1n) is 5.92. The molecule has 0 fully saturated rings. The first-order valence-corrected chi connectivity index (χ1v) is 6.86. The molecule has 0 saturated heterocycles. The molecule has 0 spiro atoms. The molecule has 0 N–H and O–H groups in total. The van der Waals surface area contributed by atoms with E-state index in [2.05, 4.69) is 11.4 Å². The third-order valence-corrected chi connectivity index (χ3v) is 3.51. The smallest absolute Gasteiger partial charge is 0.176 e. The zero-order valence-electron chi connectivity index (χ0n) is 10.7. The molecule has 0 bridgehead atoms. The predicted octanol–water partition coefficient (Wildman–Crippen LogP) is 2.93. The van der Waals surface area contributed by atoms with Crippen LogP contribution in [0.2, 0.25) is 0 Å². The Labute approximate surface area is 116 Å². The lowest BCUT2D eigenvalue weighted by Crippen LogP contribution is -2.25. The fourth-order valence-corrected chi connectivity index (χ4v) is 2.48. The molecule has 0 aliphatic rings. The Morgan fingerprint density at radius 3 is 2.63 bits per heavy atom. The summed E-state index contributed by atoms with van der Waals surface area (Å²) in [6, 6.07) is 10.9. The molecule has 0 radical (unpaired) electrons. The normalized spacial score (nSPS) is 10.4. The van der Waals surface area contributed by atoms with Crippen LogP contribution in [0.15, 0.2) is 41.1 Å². The topological polar surface area (TPSA) is 44.1 Å². The van der Waals surface area contributed by atoms with Gasteiger partial charge in [-0.2, -0.15) is 16.6 Å². The van der Waals surface area contributed by atoms with Gasteiger partial charge in [-0.1, -0.05) is 12.1 Å². The Morgan fingerprint density at radius 1 is 1.32 bits per heavy atom. The second-order valence-corrected chi connectivity index (χ2v) is 5.20. The monoisotopic (exact) mass is 270 g/mol. The van der Waals surface area contributed by atoms with Gasteiger partial charge in [0.1, 0.15) is 0 Å². The molecule has 19 heavy (non-hydrogen) atoms. The van der Waals surface area contributed by atoms with Gasteiger partial charge in [0.15, 0.2) is 5.78 Å². The highest BCUT2D eigenvalue weighted by Crippen LogP contribution is 2.10. The Morgan fingerprint density at radius 2 is 2.05 bits per heavy atom. The molecule has 0 aliphatic carbocycles. The SMILES string of the molecule is CN(CC(=O)c1ccc(C#N)cc1)Cc1ccsc1. The van der Waals surface area contributed by atoms with E-state index in [0.717, 1.165) is 6.54 Å². The first kappa shape index (κ1) is 13.5. The van der Waals surface area contributed by atoms with Crippen LogP contribution in [0.4, 0.5) is 0 Å². The van der Waals surface area contributed by atoms with Crippen molar-refractivity contribution in [3.05, 3.63) is 57.8 Å². The quantitative estimate of drug-likeness (QED) is 0.785. The number of hydrogen-bond donors (Lipinski definition) is 0. The van der Waals surface area contributed by atoms with Crippen molar-refractivity contribution >= 4 is 17.1 Å². The highest BCUT2D eigenvalue weighted by atomic mass is 32.1. The van der Waals surface area contributed by atoms with Crippen molar-refractivity contribution in [1.82, 2.24) is 4.90 Å². The maximum atomic E-state index is 12.1. The van der Waals surface area contributed by atoms with Crippen LogP contribution >= 0.6 is 11.3 Å². The zero-order valence-corrected chi connectivity index (χ0v) is 11.5. The Hall–Kier alpha value is -1.96. The van der Waals surface area contributed by atoms with Crippen molar-refractivity contribution < 1.29 is 4.79 Å². The van der Waals surface area contributed by atoms with Gasteiger partial charge >= 0.3 is 0 Å². The minimum Gasteiger partial charge on any atom is -0.295 e. The predicted molar refractivity (Wildman–Crippen MR) is 76.1 cm³/mol. The molecule has 0 saturated carbocycles. The fraction of sp³-hybridized carbons (Fsp3) is 0.200. The second kappa shape index (κ2) is 6.28. The summed E-state index contributed by atoms with van der Waals surface area (Å²) < 4.78 is 0. The van der Waals surface area contributed by atoms with Crippen LogP contribution in [0.3, 0.4) is 0 Å². The number of thiophene rings is 1. The van der Waals surface area contributed by atoms with E-state index in [1.807, 2.05) is 23.4 Å². The third kappa shape index (κ3) is 3.75. The zero-order chi connectivity index (χ0) is 13.7. The molecule has 1 aromatic carbocycles. The van der Waals surface area contributed by atoms with Crippen molar-refractivity contribution in [2.45, 2.75) is 6.54 Å². The maximum absolute atomic E-state index is 12.1. The van der Waals surface area contributed by atoms with Crippen LogP contribution in [-0.2, 0) is 6.54 Å². The van der Waals surface area contributed by atoms with Crippen molar-refractivity contribution in [3.8, 4) is 6.07 Å². The van der Waals surface area contributed by atoms with Crippen molar-refractivity contribution in [2.24, 2.45) is 0 Å². The lowest BCUT2D eigenvalue weighted by molar-refractivity contribution is 0.0943. The lowest BCUT2D eigenvalue weighted by atomic mass is 10.1. The van der Waals surface area contributed by atoms with Gasteiger partial charge in [-0.15, -0.1) is 0 Å². The van der Waals surface area contributed by atoms with Gasteiger partial charge in [0.05, 0.1) is 18.2 Å². The lowest BCUT2D eigenvalue weighted by Gasteiger charge is -2.14. The number of hydrogen-bond acceptors (Lipinski definition) is 4. The third-order valence-electron chi connectivity index (χ3n) is 2.78. The van der Waals surface area contributed by atoms with E-state index in [0.29, 0.717) is 17.7 Å². The summed E-state index contributed by atoms with van der Waals surface area (Å²) in [6.07, 6.45) is 0. The van der Waals surface area contributed by atoms with E-state index in [-0.39, 0.29) is 5.78 Å². The summed E-state index contributed by atoms with van der Waals surface area (Å²) in [5, 5.41) is 12.8. The summed E-state index contributed by atoms with van der Waals surface area (Å²) in [7, 11) is 1.93. The van der Waals surface area contributed by atoms with Gasteiger partial charge in [0, 0.05) is 12.1 Å². The molecule has 4 heteroatoms. The average molecular weight is 270 g/mol. The van der Waals surface area contributed by atoms with Gasteiger partial charge in [-0.05, 0) is 41.6 Å². The molecule has 3 nitrogen and oxygen atoms in total. The molecule has 96 valence electrons. The molecule has 2 rings (SSSR count). The number of nitriles is 1. The number of carbonyl (C=O) groups is 1. The highest BCUT2D eigenvalue weighted by Gasteiger charge is 2.09. The van der Waals surface area contributed by atoms with E-state index >= 15 is 0 Å². The molecular weight excluding hydrogens is 256 g/mol. The number of carbonyl (C=O) groups excluding carboxylic acids is 1. The van der Waals surface area contributed by atoms with Crippen molar-refractivity contribution in [1.29, 1.82) is 5.26 Å². The minimum absolute atomic E-state index is 0.0715. The Bertz CT molecular complexity index is 582. The molecule has 2 aromatic rings.